The van der Waals surface area contributed by atoms with Crippen LogP contribution in [-0.2, 0) is 6.54 Å². The molecule has 0 spiro atoms. The molecule has 3 rings (SSSR count). The van der Waals surface area contributed by atoms with Crippen LogP contribution in [0.25, 0.3) is 10.8 Å². The number of piperazine rings is 1. The number of quaternary nitrogens is 2. The van der Waals surface area contributed by atoms with Gasteiger partial charge in [-0.1, -0.05) is 36.4 Å². The largest absolute Gasteiger partial charge is 0.324 e. The van der Waals surface area contributed by atoms with Crippen LogP contribution in [0.15, 0.2) is 42.5 Å². The van der Waals surface area contributed by atoms with Gasteiger partial charge in [-0.25, -0.2) is 0 Å². The second-order valence-corrected chi connectivity index (χ2v) is 6.42. The second-order valence-electron chi connectivity index (χ2n) is 6.42. The smallest absolute Gasteiger partial charge is 0.127 e. The van der Waals surface area contributed by atoms with Crippen molar-refractivity contribution < 1.29 is 9.80 Å². The van der Waals surface area contributed by atoms with Gasteiger partial charge in [0, 0.05) is 5.56 Å². The number of rotatable bonds is 3. The molecule has 1 heterocycles. The first-order chi connectivity index (χ1) is 9.72. The molecule has 1 aliphatic rings. The molecule has 1 aliphatic heterocycles. The van der Waals surface area contributed by atoms with Crippen LogP contribution in [0.3, 0.4) is 0 Å². The molecule has 106 valence electrons. The van der Waals surface area contributed by atoms with E-state index in [1.165, 1.54) is 49.1 Å². The maximum absolute atomic E-state index is 2.37. The van der Waals surface area contributed by atoms with Gasteiger partial charge in [0.05, 0.1) is 6.04 Å². The highest BCUT2D eigenvalue weighted by atomic mass is 15.3. The van der Waals surface area contributed by atoms with Crippen LogP contribution in [0.5, 0.6) is 0 Å². The summed E-state index contributed by atoms with van der Waals surface area (Å²) in [5, 5.41) is 2.72. The van der Waals surface area contributed by atoms with Crippen LogP contribution >= 0.6 is 0 Å². The fourth-order valence-electron chi connectivity index (χ4n) is 3.32. The van der Waals surface area contributed by atoms with E-state index in [9.17, 15) is 0 Å². The van der Waals surface area contributed by atoms with E-state index in [1.807, 2.05) is 0 Å². The zero-order valence-electron chi connectivity index (χ0n) is 12.7. The molecule has 2 aromatic rings. The maximum atomic E-state index is 2.37. The number of benzene rings is 2. The minimum Gasteiger partial charge on any atom is -0.324 e. The van der Waals surface area contributed by atoms with Crippen molar-refractivity contribution in [1.82, 2.24) is 0 Å². The second kappa shape index (κ2) is 5.94. The normalized spacial score (nSPS) is 23.4. The first-order valence-electron chi connectivity index (χ1n) is 7.88. The monoisotopic (exact) mass is 270 g/mol. The molecular formula is C18H26N2+2. The summed E-state index contributed by atoms with van der Waals surface area (Å²) in [6.45, 7) is 11.1. The van der Waals surface area contributed by atoms with Crippen molar-refractivity contribution >= 4 is 10.8 Å². The van der Waals surface area contributed by atoms with Crippen molar-refractivity contribution in [3.63, 3.8) is 0 Å². The summed E-state index contributed by atoms with van der Waals surface area (Å²) in [6, 6.07) is 16.4. The van der Waals surface area contributed by atoms with Gasteiger partial charge in [-0.05, 0) is 30.7 Å². The molecule has 2 N–H and O–H groups in total. The fraction of sp³-hybridized carbons (Fsp3) is 0.444. The molecule has 0 aliphatic carbocycles. The Morgan fingerprint density at radius 3 is 2.30 bits per heavy atom. The third kappa shape index (κ3) is 3.02. The van der Waals surface area contributed by atoms with E-state index < -0.39 is 0 Å². The molecular weight excluding hydrogens is 244 g/mol. The number of fused-ring (bicyclic) bond motifs is 1. The first-order valence-corrected chi connectivity index (χ1v) is 7.88. The Morgan fingerprint density at radius 2 is 1.60 bits per heavy atom. The number of nitrogens with one attached hydrogen (secondary N) is 2. The molecule has 0 bridgehead atoms. The summed E-state index contributed by atoms with van der Waals surface area (Å²) < 4.78 is 0. The molecule has 2 nitrogen and oxygen atoms in total. The molecule has 1 fully saturated rings. The van der Waals surface area contributed by atoms with Crippen LogP contribution in [0.2, 0.25) is 0 Å². The lowest BCUT2D eigenvalue weighted by atomic mass is 10.1. The van der Waals surface area contributed by atoms with Gasteiger partial charge >= 0.3 is 0 Å². The van der Waals surface area contributed by atoms with E-state index in [1.54, 1.807) is 9.80 Å². The van der Waals surface area contributed by atoms with Crippen LogP contribution in [0.4, 0.5) is 0 Å². The van der Waals surface area contributed by atoms with Gasteiger partial charge in [-0.2, -0.15) is 0 Å². The predicted octanol–water partition coefficient (Wildman–Crippen LogP) is 0.532. The molecule has 1 saturated heterocycles. The Bertz CT molecular complexity index is 568. The van der Waals surface area contributed by atoms with Crippen molar-refractivity contribution in [3.8, 4) is 0 Å². The number of hydrogen-bond donors (Lipinski definition) is 2. The van der Waals surface area contributed by atoms with Crippen molar-refractivity contribution in [2.45, 2.75) is 26.4 Å². The summed E-state index contributed by atoms with van der Waals surface area (Å²) in [5.41, 5.74) is 1.48. The summed E-state index contributed by atoms with van der Waals surface area (Å²) in [7, 11) is 0. The van der Waals surface area contributed by atoms with E-state index in [-0.39, 0.29) is 0 Å². The van der Waals surface area contributed by atoms with E-state index in [0.29, 0.717) is 0 Å². The summed E-state index contributed by atoms with van der Waals surface area (Å²) >= 11 is 0. The average Bonchev–Trinajstić information content (AvgIpc) is 2.48. The lowest BCUT2D eigenvalue weighted by Gasteiger charge is -2.32. The molecule has 0 aromatic heterocycles. The van der Waals surface area contributed by atoms with Gasteiger partial charge in [-0.15, -0.1) is 0 Å². The Kier molecular flexibility index (Phi) is 4.04. The first kappa shape index (κ1) is 13.6. The zero-order valence-corrected chi connectivity index (χ0v) is 12.7. The van der Waals surface area contributed by atoms with Gasteiger partial charge in [0.15, 0.2) is 0 Å². The SMILES string of the molecule is CC(C)[NH+]1CC[NH+](Cc2ccc3ccccc3c2)CC1. The van der Waals surface area contributed by atoms with E-state index in [4.69, 9.17) is 0 Å². The van der Waals surface area contributed by atoms with Crippen molar-refractivity contribution in [2.75, 3.05) is 26.2 Å². The molecule has 0 radical (unpaired) electrons. The molecule has 2 heteroatoms. The van der Waals surface area contributed by atoms with Crippen molar-refractivity contribution in [2.24, 2.45) is 0 Å². The lowest BCUT2D eigenvalue weighted by molar-refractivity contribution is -1.03. The fourth-order valence-corrected chi connectivity index (χ4v) is 3.32. The van der Waals surface area contributed by atoms with Gasteiger partial charge < -0.3 is 9.80 Å². The van der Waals surface area contributed by atoms with E-state index in [0.717, 1.165) is 6.04 Å². The van der Waals surface area contributed by atoms with Gasteiger partial charge in [0.2, 0.25) is 0 Å². The molecule has 0 atom stereocenters. The molecule has 20 heavy (non-hydrogen) atoms. The van der Waals surface area contributed by atoms with E-state index >= 15 is 0 Å². The zero-order chi connectivity index (χ0) is 13.9. The van der Waals surface area contributed by atoms with Crippen LogP contribution in [-0.4, -0.2) is 32.2 Å². The summed E-state index contributed by atoms with van der Waals surface area (Å²) in [6.07, 6.45) is 0. The minimum atomic E-state index is 0.775. The van der Waals surface area contributed by atoms with Crippen molar-refractivity contribution in [3.05, 3.63) is 48.0 Å². The molecule has 0 saturated carbocycles. The average molecular weight is 270 g/mol. The third-order valence-electron chi connectivity index (χ3n) is 4.68. The number of hydrogen-bond acceptors (Lipinski definition) is 0. The molecule has 0 amide bonds. The minimum absolute atomic E-state index is 0.775. The Labute approximate surface area is 122 Å². The van der Waals surface area contributed by atoms with Crippen LogP contribution in [0, 0.1) is 0 Å². The standard InChI is InChI=1S/C18H24N2/c1-15(2)20-11-9-19(10-12-20)14-16-7-8-17-5-3-4-6-18(17)13-16/h3-8,13,15H,9-12,14H2,1-2H3/p+2. The maximum Gasteiger partial charge on any atom is 0.127 e. The Hall–Kier alpha value is -1.38. The summed E-state index contributed by atoms with van der Waals surface area (Å²) in [5.74, 6) is 0. The van der Waals surface area contributed by atoms with E-state index in [2.05, 4.69) is 56.3 Å². The van der Waals surface area contributed by atoms with Gasteiger partial charge in [0.25, 0.3) is 0 Å². The highest BCUT2D eigenvalue weighted by Crippen LogP contribution is 2.14. The predicted molar refractivity (Wildman–Crippen MR) is 84.2 cm³/mol. The topological polar surface area (TPSA) is 8.88 Å². The van der Waals surface area contributed by atoms with Crippen molar-refractivity contribution in [1.29, 1.82) is 0 Å². The molecule has 0 unspecified atom stereocenters. The Balaban J connectivity index is 1.65. The molecule has 2 aromatic carbocycles. The quantitative estimate of drug-likeness (QED) is 0.805. The summed E-state index contributed by atoms with van der Waals surface area (Å²) in [4.78, 5) is 3.51. The highest BCUT2D eigenvalue weighted by Gasteiger charge is 2.24. The lowest BCUT2D eigenvalue weighted by Crippen LogP contribution is -3.28. The van der Waals surface area contributed by atoms with Gasteiger partial charge in [-0.3, -0.25) is 0 Å². The highest BCUT2D eigenvalue weighted by molar-refractivity contribution is 5.82. The Morgan fingerprint density at radius 1 is 0.900 bits per heavy atom. The van der Waals surface area contributed by atoms with Crippen LogP contribution in [0.1, 0.15) is 19.4 Å². The van der Waals surface area contributed by atoms with Gasteiger partial charge in [0.1, 0.15) is 32.7 Å². The van der Waals surface area contributed by atoms with Crippen LogP contribution < -0.4 is 9.80 Å². The third-order valence-corrected chi connectivity index (χ3v) is 4.68.